The van der Waals surface area contributed by atoms with E-state index >= 15 is 0 Å². The first-order valence-electron chi connectivity index (χ1n) is 9.73. The third-order valence-electron chi connectivity index (χ3n) is 6.27. The third-order valence-corrected chi connectivity index (χ3v) is 6.27. The van der Waals surface area contributed by atoms with Gasteiger partial charge in [0.1, 0.15) is 0 Å². The molecule has 0 N–H and O–H groups in total. The van der Waals surface area contributed by atoms with Crippen LogP contribution in [-0.4, -0.2) is 46.4 Å². The van der Waals surface area contributed by atoms with Crippen LogP contribution in [0.1, 0.15) is 50.5 Å². The number of likely N-dealkylation sites (tertiary alicyclic amines) is 2. The van der Waals surface area contributed by atoms with Crippen molar-refractivity contribution in [1.82, 2.24) is 14.8 Å². The molecule has 4 rings (SSSR count). The van der Waals surface area contributed by atoms with Crippen molar-refractivity contribution >= 4 is 5.91 Å². The maximum absolute atomic E-state index is 12.8. The Kier molecular flexibility index (Phi) is 4.83. The van der Waals surface area contributed by atoms with E-state index in [4.69, 9.17) is 0 Å². The van der Waals surface area contributed by atoms with E-state index in [2.05, 4.69) is 20.9 Å². The summed E-state index contributed by atoms with van der Waals surface area (Å²) in [4.78, 5) is 21.9. The van der Waals surface area contributed by atoms with Crippen LogP contribution in [0.4, 0.5) is 0 Å². The molecule has 1 aromatic heterocycles. The largest absolute Gasteiger partial charge is 0.341 e. The maximum atomic E-state index is 12.8. The molecule has 4 nitrogen and oxygen atoms in total. The predicted molar refractivity (Wildman–Crippen MR) is 94.3 cm³/mol. The van der Waals surface area contributed by atoms with Crippen molar-refractivity contribution in [3.8, 4) is 0 Å². The number of hydrogen-bond acceptors (Lipinski definition) is 3. The molecule has 3 aliphatic rings. The van der Waals surface area contributed by atoms with Crippen molar-refractivity contribution < 1.29 is 4.79 Å². The molecule has 0 radical (unpaired) electrons. The molecule has 2 saturated heterocycles. The zero-order chi connectivity index (χ0) is 16.4. The van der Waals surface area contributed by atoms with E-state index < -0.39 is 0 Å². The fraction of sp³-hybridized carbons (Fsp3) is 0.700. The number of rotatable bonds is 3. The Bertz CT molecular complexity index is 555. The highest BCUT2D eigenvalue weighted by Crippen LogP contribution is 2.34. The van der Waals surface area contributed by atoms with Gasteiger partial charge in [0.25, 0.3) is 0 Å². The summed E-state index contributed by atoms with van der Waals surface area (Å²) in [6.07, 6.45) is 12.4. The summed E-state index contributed by atoms with van der Waals surface area (Å²) in [6.45, 7) is 4.06. The third kappa shape index (κ3) is 3.34. The summed E-state index contributed by atoms with van der Waals surface area (Å²) in [5.41, 5.74) is 1.29. The zero-order valence-electron chi connectivity index (χ0n) is 14.6. The van der Waals surface area contributed by atoms with Crippen LogP contribution in [-0.2, 0) is 11.3 Å². The quantitative estimate of drug-likeness (QED) is 0.856. The summed E-state index contributed by atoms with van der Waals surface area (Å²) < 4.78 is 0. The molecule has 0 unspecified atom stereocenters. The maximum Gasteiger partial charge on any atom is 0.225 e. The van der Waals surface area contributed by atoms with E-state index in [9.17, 15) is 4.79 Å². The Morgan fingerprint density at radius 2 is 1.96 bits per heavy atom. The molecule has 1 aromatic rings. The van der Waals surface area contributed by atoms with E-state index in [0.717, 1.165) is 39.0 Å². The van der Waals surface area contributed by atoms with Crippen molar-refractivity contribution in [2.45, 2.75) is 57.5 Å². The summed E-state index contributed by atoms with van der Waals surface area (Å²) in [6, 6.07) is 4.73. The van der Waals surface area contributed by atoms with E-state index in [1.807, 2.05) is 18.5 Å². The predicted octanol–water partition coefficient (Wildman–Crippen LogP) is 3.08. The van der Waals surface area contributed by atoms with Gasteiger partial charge >= 0.3 is 0 Å². The van der Waals surface area contributed by atoms with Crippen molar-refractivity contribution in [3.05, 3.63) is 30.1 Å². The van der Waals surface area contributed by atoms with Gasteiger partial charge < -0.3 is 4.90 Å². The molecule has 1 amide bonds. The molecule has 0 spiro atoms. The Morgan fingerprint density at radius 1 is 1.12 bits per heavy atom. The smallest absolute Gasteiger partial charge is 0.225 e. The Hall–Kier alpha value is -1.42. The van der Waals surface area contributed by atoms with Crippen molar-refractivity contribution in [3.63, 3.8) is 0 Å². The van der Waals surface area contributed by atoms with Gasteiger partial charge in [-0.1, -0.05) is 25.3 Å². The molecule has 1 aliphatic carbocycles. The van der Waals surface area contributed by atoms with Gasteiger partial charge in [-0.2, -0.15) is 0 Å². The van der Waals surface area contributed by atoms with Gasteiger partial charge in [-0.25, -0.2) is 0 Å². The zero-order valence-corrected chi connectivity index (χ0v) is 14.6. The van der Waals surface area contributed by atoms with Crippen molar-refractivity contribution in [2.75, 3.05) is 19.6 Å². The molecule has 2 aliphatic heterocycles. The molecule has 130 valence electrons. The average molecular weight is 327 g/mol. The Balaban J connectivity index is 1.45. The van der Waals surface area contributed by atoms with Gasteiger partial charge in [0.15, 0.2) is 0 Å². The summed E-state index contributed by atoms with van der Waals surface area (Å²) in [7, 11) is 0. The molecular formula is C20H29N3O. The average Bonchev–Trinajstić information content (AvgIpc) is 3.25. The van der Waals surface area contributed by atoms with Crippen LogP contribution in [0.5, 0.6) is 0 Å². The second kappa shape index (κ2) is 7.22. The van der Waals surface area contributed by atoms with Gasteiger partial charge in [-0.15, -0.1) is 0 Å². The van der Waals surface area contributed by atoms with Crippen molar-refractivity contribution in [1.29, 1.82) is 0 Å². The summed E-state index contributed by atoms with van der Waals surface area (Å²) in [5.74, 6) is 1.43. The standard InChI is InChI=1S/C20H29N3O/c24-20(17-7-1-2-8-17)23-14-18-9-3-4-11-22(19(18)15-23)13-16-6-5-10-21-12-16/h5-6,10,12,17-19H,1-4,7-9,11,13-15H2/t18-,19+/m0/s1. The molecule has 1 saturated carbocycles. The lowest BCUT2D eigenvalue weighted by Crippen LogP contribution is -2.41. The van der Waals surface area contributed by atoms with Crippen LogP contribution in [0.15, 0.2) is 24.5 Å². The number of pyridine rings is 1. The number of carbonyl (C=O) groups excluding carboxylic acids is 1. The Labute approximate surface area is 145 Å². The minimum Gasteiger partial charge on any atom is -0.341 e. The first-order chi connectivity index (χ1) is 11.8. The SMILES string of the molecule is O=C(C1CCCC1)N1C[C@@H]2CCCCN(Cc3cccnc3)[C@@H]2C1. The van der Waals surface area contributed by atoms with Crippen molar-refractivity contribution in [2.24, 2.45) is 11.8 Å². The molecule has 24 heavy (non-hydrogen) atoms. The number of aromatic nitrogens is 1. The minimum absolute atomic E-state index is 0.319. The number of amides is 1. The topological polar surface area (TPSA) is 36.4 Å². The fourth-order valence-electron chi connectivity index (χ4n) is 4.97. The molecule has 4 heteroatoms. The summed E-state index contributed by atoms with van der Waals surface area (Å²) in [5, 5.41) is 0. The second-order valence-corrected chi connectivity index (χ2v) is 7.88. The van der Waals surface area contributed by atoms with Crippen LogP contribution in [0.2, 0.25) is 0 Å². The van der Waals surface area contributed by atoms with Gasteiger partial charge in [-0.05, 0) is 49.8 Å². The number of carbonyl (C=O) groups is 1. The Morgan fingerprint density at radius 3 is 2.75 bits per heavy atom. The highest BCUT2D eigenvalue weighted by atomic mass is 16.2. The fourth-order valence-corrected chi connectivity index (χ4v) is 4.97. The summed E-state index contributed by atoms with van der Waals surface area (Å²) >= 11 is 0. The van der Waals surface area contributed by atoms with Gasteiger partial charge in [-0.3, -0.25) is 14.7 Å². The minimum atomic E-state index is 0.319. The number of hydrogen-bond donors (Lipinski definition) is 0. The normalized spacial score (nSPS) is 28.8. The lowest BCUT2D eigenvalue weighted by molar-refractivity contribution is -0.134. The molecular weight excluding hydrogens is 298 g/mol. The second-order valence-electron chi connectivity index (χ2n) is 7.88. The van der Waals surface area contributed by atoms with E-state index in [1.165, 1.54) is 37.7 Å². The molecule has 0 aromatic carbocycles. The highest BCUT2D eigenvalue weighted by Gasteiger charge is 2.41. The van der Waals surface area contributed by atoms with Gasteiger partial charge in [0.05, 0.1) is 0 Å². The van der Waals surface area contributed by atoms with Gasteiger partial charge in [0, 0.05) is 44.0 Å². The lowest BCUT2D eigenvalue weighted by atomic mass is 9.98. The van der Waals surface area contributed by atoms with Gasteiger partial charge in [0.2, 0.25) is 5.91 Å². The van der Waals surface area contributed by atoms with Crippen LogP contribution in [0, 0.1) is 11.8 Å². The molecule has 3 heterocycles. The molecule has 2 atom stereocenters. The van der Waals surface area contributed by atoms with Crippen LogP contribution >= 0.6 is 0 Å². The van der Waals surface area contributed by atoms with Crippen LogP contribution < -0.4 is 0 Å². The van der Waals surface area contributed by atoms with E-state index in [0.29, 0.717) is 23.8 Å². The first kappa shape index (κ1) is 16.1. The molecule has 3 fully saturated rings. The number of nitrogens with zero attached hydrogens (tertiary/aromatic N) is 3. The lowest BCUT2D eigenvalue weighted by Gasteiger charge is -2.30. The van der Waals surface area contributed by atoms with E-state index in [1.54, 1.807) is 0 Å². The first-order valence-corrected chi connectivity index (χ1v) is 9.73. The number of fused-ring (bicyclic) bond motifs is 1. The van der Waals surface area contributed by atoms with Crippen LogP contribution in [0.3, 0.4) is 0 Å². The highest BCUT2D eigenvalue weighted by molar-refractivity contribution is 5.79. The molecule has 0 bridgehead atoms. The van der Waals surface area contributed by atoms with Crippen LogP contribution in [0.25, 0.3) is 0 Å². The van der Waals surface area contributed by atoms with E-state index in [-0.39, 0.29) is 0 Å². The monoisotopic (exact) mass is 327 g/mol.